The van der Waals surface area contributed by atoms with Crippen molar-refractivity contribution in [3.8, 4) is 0 Å². The second-order valence-electron chi connectivity index (χ2n) is 20.0. The second kappa shape index (κ2) is 61.4. The molecule has 0 amide bonds. The van der Waals surface area contributed by atoms with Gasteiger partial charge in [-0.1, -0.05) is 271 Å². The third-order valence-electron chi connectivity index (χ3n) is 12.8. The SMILES string of the molecule is CC/C=C\C/C=C\C/C=C\C/C=C\CCCCCCCCC(=O)OCC(COC(=O)CCCCCCC\C=C/C=C\C=C/C=C\C=C/CCC)OC(=O)CCCCCCCCC/C=C\CCCCCCCCCC. The van der Waals surface area contributed by atoms with Gasteiger partial charge in [0, 0.05) is 19.3 Å². The van der Waals surface area contributed by atoms with Gasteiger partial charge in [0.05, 0.1) is 0 Å². The van der Waals surface area contributed by atoms with Gasteiger partial charge in [-0.25, -0.2) is 0 Å². The van der Waals surface area contributed by atoms with Crippen LogP contribution in [0, 0.1) is 0 Å². The average molecular weight is 1030 g/mol. The van der Waals surface area contributed by atoms with E-state index in [1.165, 1.54) is 109 Å². The van der Waals surface area contributed by atoms with Crippen molar-refractivity contribution >= 4 is 17.9 Å². The summed E-state index contributed by atoms with van der Waals surface area (Å²) in [6.07, 6.45) is 84.7. The summed E-state index contributed by atoms with van der Waals surface area (Å²) in [6.45, 7) is 6.41. The van der Waals surface area contributed by atoms with Crippen LogP contribution < -0.4 is 0 Å². The molecule has 0 rings (SSSR count). The molecule has 0 aromatic carbocycles. The zero-order valence-corrected chi connectivity index (χ0v) is 48.1. The van der Waals surface area contributed by atoms with Gasteiger partial charge < -0.3 is 14.2 Å². The van der Waals surface area contributed by atoms with E-state index in [9.17, 15) is 14.4 Å². The fourth-order valence-corrected chi connectivity index (χ4v) is 8.22. The monoisotopic (exact) mass is 1020 g/mol. The molecular formula is C68H112O6. The van der Waals surface area contributed by atoms with Crippen LogP contribution in [0.5, 0.6) is 0 Å². The molecule has 0 N–H and O–H groups in total. The lowest BCUT2D eigenvalue weighted by molar-refractivity contribution is -0.167. The minimum atomic E-state index is -0.802. The summed E-state index contributed by atoms with van der Waals surface area (Å²) in [6, 6.07) is 0. The minimum absolute atomic E-state index is 0.0984. The number of hydrogen-bond acceptors (Lipinski definition) is 6. The van der Waals surface area contributed by atoms with Crippen molar-refractivity contribution in [3.05, 3.63) is 122 Å². The van der Waals surface area contributed by atoms with Crippen LogP contribution in [-0.2, 0) is 28.6 Å². The molecule has 0 saturated heterocycles. The van der Waals surface area contributed by atoms with Gasteiger partial charge in [-0.05, 0) is 103 Å². The third kappa shape index (κ3) is 58.7. The Balaban J connectivity index is 4.49. The molecule has 6 nitrogen and oxygen atoms in total. The molecule has 0 aromatic heterocycles. The molecule has 0 heterocycles. The van der Waals surface area contributed by atoms with Gasteiger partial charge in [0.15, 0.2) is 6.10 Å². The predicted octanol–water partition coefficient (Wildman–Crippen LogP) is 20.8. The summed E-state index contributed by atoms with van der Waals surface area (Å²) in [7, 11) is 0. The van der Waals surface area contributed by atoms with Crippen molar-refractivity contribution in [2.75, 3.05) is 13.2 Å². The summed E-state index contributed by atoms with van der Waals surface area (Å²) in [5.41, 5.74) is 0. The fraction of sp³-hybridized carbons (Fsp3) is 0.662. The zero-order valence-electron chi connectivity index (χ0n) is 48.1. The van der Waals surface area contributed by atoms with Gasteiger partial charge in [-0.2, -0.15) is 0 Å². The average Bonchev–Trinajstić information content (AvgIpc) is 3.40. The molecule has 1 unspecified atom stereocenters. The Kier molecular flexibility index (Phi) is 57.9. The van der Waals surface area contributed by atoms with Gasteiger partial charge in [-0.3, -0.25) is 14.4 Å². The van der Waals surface area contributed by atoms with Crippen LogP contribution in [-0.4, -0.2) is 37.2 Å². The second-order valence-corrected chi connectivity index (χ2v) is 20.0. The Bertz CT molecular complexity index is 1550. The van der Waals surface area contributed by atoms with Crippen molar-refractivity contribution in [1.29, 1.82) is 0 Å². The molecule has 74 heavy (non-hydrogen) atoms. The maximum atomic E-state index is 12.9. The zero-order chi connectivity index (χ0) is 53.6. The van der Waals surface area contributed by atoms with E-state index < -0.39 is 6.10 Å². The first-order valence-electron chi connectivity index (χ1n) is 30.6. The number of esters is 3. The van der Waals surface area contributed by atoms with Gasteiger partial charge in [0.25, 0.3) is 0 Å². The Hall–Kier alpha value is -4.19. The number of rotatable bonds is 54. The molecule has 420 valence electrons. The van der Waals surface area contributed by atoms with E-state index in [-0.39, 0.29) is 31.1 Å². The largest absolute Gasteiger partial charge is 0.462 e. The number of carbonyl (C=O) groups is 3. The highest BCUT2D eigenvalue weighted by Crippen LogP contribution is 2.15. The summed E-state index contributed by atoms with van der Waals surface area (Å²) in [5, 5.41) is 0. The van der Waals surface area contributed by atoms with E-state index in [1.807, 2.05) is 24.3 Å². The number of hydrogen-bond donors (Lipinski definition) is 0. The third-order valence-corrected chi connectivity index (χ3v) is 12.8. The molecular weight excluding hydrogens is 913 g/mol. The molecule has 0 bridgehead atoms. The lowest BCUT2D eigenvalue weighted by atomic mass is 10.1. The van der Waals surface area contributed by atoms with E-state index in [1.54, 1.807) is 0 Å². The summed E-state index contributed by atoms with van der Waals surface area (Å²) < 4.78 is 16.9. The van der Waals surface area contributed by atoms with Crippen LogP contribution in [0.2, 0.25) is 0 Å². The highest BCUT2D eigenvalue weighted by molar-refractivity contribution is 5.71. The van der Waals surface area contributed by atoms with Crippen molar-refractivity contribution in [2.24, 2.45) is 0 Å². The number of ether oxygens (including phenoxy) is 3. The lowest BCUT2D eigenvalue weighted by Crippen LogP contribution is -2.30. The molecule has 0 aliphatic rings. The normalized spacial score (nSPS) is 13.0. The minimum Gasteiger partial charge on any atom is -0.462 e. The van der Waals surface area contributed by atoms with E-state index >= 15 is 0 Å². The van der Waals surface area contributed by atoms with Gasteiger partial charge in [0.2, 0.25) is 0 Å². The summed E-state index contributed by atoms with van der Waals surface area (Å²) in [4.78, 5) is 38.3. The van der Waals surface area contributed by atoms with Crippen LogP contribution in [0.4, 0.5) is 0 Å². The Labute approximate surface area is 456 Å². The maximum Gasteiger partial charge on any atom is 0.306 e. The van der Waals surface area contributed by atoms with Gasteiger partial charge >= 0.3 is 17.9 Å². The molecule has 6 heteroatoms. The summed E-state index contributed by atoms with van der Waals surface area (Å²) in [5.74, 6) is -0.938. The molecule has 0 radical (unpaired) electrons. The van der Waals surface area contributed by atoms with E-state index in [0.717, 1.165) is 122 Å². The van der Waals surface area contributed by atoms with E-state index in [0.29, 0.717) is 19.3 Å². The molecule has 0 aliphatic carbocycles. The van der Waals surface area contributed by atoms with Crippen molar-refractivity contribution < 1.29 is 28.6 Å². The first-order chi connectivity index (χ1) is 36.5. The molecule has 0 aliphatic heterocycles. The van der Waals surface area contributed by atoms with E-state index in [4.69, 9.17) is 14.2 Å². The number of unbranched alkanes of at least 4 members (excludes halogenated alkanes) is 27. The van der Waals surface area contributed by atoms with Crippen LogP contribution in [0.25, 0.3) is 0 Å². The maximum absolute atomic E-state index is 12.9. The van der Waals surface area contributed by atoms with Crippen LogP contribution in [0.1, 0.15) is 271 Å². The smallest absolute Gasteiger partial charge is 0.306 e. The van der Waals surface area contributed by atoms with Crippen LogP contribution in [0.15, 0.2) is 122 Å². The Morgan fingerprint density at radius 2 is 0.608 bits per heavy atom. The van der Waals surface area contributed by atoms with Crippen molar-refractivity contribution in [3.63, 3.8) is 0 Å². The Morgan fingerprint density at radius 3 is 1.01 bits per heavy atom. The molecule has 0 fully saturated rings. The lowest BCUT2D eigenvalue weighted by Gasteiger charge is -2.18. The molecule has 0 aromatic rings. The Morgan fingerprint density at radius 1 is 0.297 bits per heavy atom. The van der Waals surface area contributed by atoms with Crippen LogP contribution >= 0.6 is 0 Å². The first kappa shape index (κ1) is 69.8. The molecule has 0 spiro atoms. The number of carbonyl (C=O) groups excluding carboxylic acids is 3. The number of allylic oxidation sites excluding steroid dienone is 20. The first-order valence-corrected chi connectivity index (χ1v) is 30.6. The topological polar surface area (TPSA) is 78.9 Å². The van der Waals surface area contributed by atoms with Crippen LogP contribution in [0.3, 0.4) is 0 Å². The predicted molar refractivity (Wildman–Crippen MR) is 320 cm³/mol. The fourth-order valence-electron chi connectivity index (χ4n) is 8.22. The standard InChI is InChI=1S/C68H112O6/c1-4-7-10-13-16-19-22-25-28-31-34-37-40-43-46-49-52-55-58-61-67(70)73-64-65(63-72-66(69)60-57-54-51-48-45-42-39-36-33-30-27-24-21-18-15-12-9-6-3)74-68(71)62-59-56-53-50-47-44-41-38-35-32-29-26-23-20-17-14-11-8-5-2/h7,10,12,15-16,18-19,21,24-25,27-28,30,32-37,39,65H,4-6,8-9,11,13-14,17,20,22-23,26,29,31,38,40-64H2,1-3H3/b10-7-,15-12-,19-16-,21-18-,27-24-,28-25-,33-30-,35-32-,37-34-,39-36-. The highest BCUT2D eigenvalue weighted by atomic mass is 16.6. The van der Waals surface area contributed by atoms with Crippen molar-refractivity contribution in [2.45, 2.75) is 277 Å². The highest BCUT2D eigenvalue weighted by Gasteiger charge is 2.19. The summed E-state index contributed by atoms with van der Waals surface area (Å²) >= 11 is 0. The van der Waals surface area contributed by atoms with Gasteiger partial charge in [0.1, 0.15) is 13.2 Å². The molecule has 1 atom stereocenters. The van der Waals surface area contributed by atoms with E-state index in [2.05, 4.69) is 118 Å². The van der Waals surface area contributed by atoms with Gasteiger partial charge in [-0.15, -0.1) is 0 Å². The van der Waals surface area contributed by atoms with Crippen molar-refractivity contribution in [1.82, 2.24) is 0 Å². The molecule has 0 saturated carbocycles. The quantitative estimate of drug-likeness (QED) is 0.0199.